The van der Waals surface area contributed by atoms with E-state index in [0.29, 0.717) is 22.7 Å². The van der Waals surface area contributed by atoms with Gasteiger partial charge in [0.05, 0.1) is 24.1 Å². The van der Waals surface area contributed by atoms with E-state index >= 15 is 0 Å². The van der Waals surface area contributed by atoms with E-state index in [4.69, 9.17) is 0 Å². The summed E-state index contributed by atoms with van der Waals surface area (Å²) in [6.07, 6.45) is 6.81. The van der Waals surface area contributed by atoms with Gasteiger partial charge in [-0.25, -0.2) is 14.4 Å². The second-order valence-corrected chi connectivity index (χ2v) is 9.25. The Hall–Kier alpha value is -4.96. The maximum Gasteiger partial charge on any atom is 0.238 e. The molecule has 0 fully saturated rings. The molecule has 10 heteroatoms. The Morgan fingerprint density at radius 2 is 1.74 bits per heavy atom. The molecule has 38 heavy (non-hydrogen) atoms. The Labute approximate surface area is 216 Å². The smallest absolute Gasteiger partial charge is 0.238 e. The number of benzene rings is 1. The summed E-state index contributed by atoms with van der Waals surface area (Å²) in [5.41, 5.74) is 6.89. The number of aromatic amines is 2. The monoisotopic (exact) mass is 506 g/mol. The van der Waals surface area contributed by atoms with Crippen molar-refractivity contribution in [3.63, 3.8) is 0 Å². The number of likely N-dealkylation sites (N-methyl/N-ethyl adjacent to an activating group) is 1. The predicted molar refractivity (Wildman–Crippen MR) is 145 cm³/mol. The van der Waals surface area contributed by atoms with E-state index in [1.54, 1.807) is 41.8 Å². The Morgan fingerprint density at radius 3 is 2.55 bits per heavy atom. The summed E-state index contributed by atoms with van der Waals surface area (Å²) in [6, 6.07) is 14.2. The topological polar surface area (TPSA) is 115 Å². The number of amides is 1. The second-order valence-electron chi connectivity index (χ2n) is 9.25. The minimum Gasteiger partial charge on any atom is -0.338 e. The normalized spacial score (nSPS) is 11.5. The Bertz CT molecular complexity index is 1790. The first-order chi connectivity index (χ1) is 18.4. The van der Waals surface area contributed by atoms with Crippen LogP contribution in [0.1, 0.15) is 0 Å². The van der Waals surface area contributed by atoms with Crippen LogP contribution in [0, 0.1) is 5.82 Å². The number of pyridine rings is 3. The highest BCUT2D eigenvalue weighted by Crippen LogP contribution is 2.34. The fraction of sp³-hybridized carbons (Fsp3) is 0.107. The summed E-state index contributed by atoms with van der Waals surface area (Å²) < 4.78 is 13.5. The third-order valence-corrected chi connectivity index (χ3v) is 6.17. The number of nitrogens with one attached hydrogen (secondary N) is 3. The fourth-order valence-electron chi connectivity index (χ4n) is 4.46. The zero-order chi connectivity index (χ0) is 26.2. The van der Waals surface area contributed by atoms with Crippen LogP contribution < -0.4 is 5.32 Å². The highest BCUT2D eigenvalue weighted by molar-refractivity contribution is 6.00. The number of hydrogen-bond acceptors (Lipinski definition) is 6. The van der Waals surface area contributed by atoms with Gasteiger partial charge < -0.3 is 15.2 Å². The van der Waals surface area contributed by atoms with Gasteiger partial charge in [-0.2, -0.15) is 5.10 Å². The van der Waals surface area contributed by atoms with E-state index in [0.717, 1.165) is 38.7 Å². The summed E-state index contributed by atoms with van der Waals surface area (Å²) in [6.45, 7) is 0.276. The van der Waals surface area contributed by atoms with Crippen LogP contribution in [0.25, 0.3) is 55.7 Å². The Balaban J connectivity index is 1.38. The number of nitrogens with zero attached hydrogens (tertiary/aromatic N) is 5. The van der Waals surface area contributed by atoms with Crippen LogP contribution in [0.3, 0.4) is 0 Å². The van der Waals surface area contributed by atoms with Crippen molar-refractivity contribution in [1.29, 1.82) is 0 Å². The third-order valence-electron chi connectivity index (χ3n) is 6.17. The van der Waals surface area contributed by atoms with Gasteiger partial charge in [-0.1, -0.05) is 12.1 Å². The Kier molecular flexibility index (Phi) is 5.85. The van der Waals surface area contributed by atoms with Gasteiger partial charge in [0.2, 0.25) is 5.91 Å². The molecule has 6 rings (SSSR count). The number of fused-ring (bicyclic) bond motifs is 2. The van der Waals surface area contributed by atoms with E-state index in [1.807, 2.05) is 38.4 Å². The maximum atomic E-state index is 13.5. The minimum atomic E-state index is -0.281. The van der Waals surface area contributed by atoms with Crippen LogP contribution in [0.4, 0.5) is 10.1 Å². The number of halogens is 1. The number of anilines is 1. The van der Waals surface area contributed by atoms with Crippen LogP contribution in [-0.2, 0) is 4.79 Å². The predicted octanol–water partition coefficient (Wildman–Crippen LogP) is 4.87. The summed E-state index contributed by atoms with van der Waals surface area (Å²) in [4.78, 5) is 30.7. The van der Waals surface area contributed by atoms with E-state index in [2.05, 4.69) is 35.5 Å². The molecule has 9 nitrogen and oxygen atoms in total. The van der Waals surface area contributed by atoms with Gasteiger partial charge in [-0.05, 0) is 61.6 Å². The molecule has 3 N–H and O–H groups in total. The van der Waals surface area contributed by atoms with Crippen LogP contribution in [-0.4, -0.2) is 61.6 Å². The van der Waals surface area contributed by atoms with Gasteiger partial charge in [0.1, 0.15) is 17.2 Å². The van der Waals surface area contributed by atoms with Gasteiger partial charge in [-0.15, -0.1) is 0 Å². The van der Waals surface area contributed by atoms with Gasteiger partial charge in [-0.3, -0.25) is 14.9 Å². The molecular weight excluding hydrogens is 483 g/mol. The number of rotatable bonds is 6. The lowest BCUT2D eigenvalue weighted by molar-refractivity contribution is -0.116. The number of carbonyl (C=O) groups is 1. The maximum absolute atomic E-state index is 13.5. The molecule has 6 aromatic rings. The zero-order valence-electron chi connectivity index (χ0n) is 20.7. The van der Waals surface area contributed by atoms with Crippen molar-refractivity contribution >= 4 is 33.7 Å². The van der Waals surface area contributed by atoms with E-state index in [-0.39, 0.29) is 18.3 Å². The quantitative estimate of drug-likeness (QED) is 0.297. The van der Waals surface area contributed by atoms with Crippen molar-refractivity contribution in [2.75, 3.05) is 26.0 Å². The van der Waals surface area contributed by atoms with Crippen LogP contribution in [0.15, 0.2) is 73.3 Å². The first-order valence-corrected chi connectivity index (χ1v) is 11.9. The molecule has 0 bridgehead atoms. The van der Waals surface area contributed by atoms with E-state index in [9.17, 15) is 9.18 Å². The van der Waals surface area contributed by atoms with E-state index < -0.39 is 0 Å². The molecule has 1 aromatic carbocycles. The molecule has 188 valence electrons. The highest BCUT2D eigenvalue weighted by atomic mass is 19.1. The van der Waals surface area contributed by atoms with Gasteiger partial charge >= 0.3 is 0 Å². The van der Waals surface area contributed by atoms with Crippen molar-refractivity contribution < 1.29 is 9.18 Å². The molecule has 0 saturated heterocycles. The average Bonchev–Trinajstić information content (AvgIpc) is 3.52. The lowest BCUT2D eigenvalue weighted by Crippen LogP contribution is -2.27. The highest BCUT2D eigenvalue weighted by Gasteiger charge is 2.16. The largest absolute Gasteiger partial charge is 0.338 e. The Morgan fingerprint density at radius 1 is 0.921 bits per heavy atom. The van der Waals surface area contributed by atoms with Gasteiger partial charge in [0.25, 0.3) is 0 Å². The SMILES string of the molecule is CN(C)CC(=O)Nc1cncc(-c2cnc3[nH]nc(-c4cc5c(-c6ccc(F)cc6)ccnc5[nH]4)c3c2)c1. The molecule has 5 heterocycles. The van der Waals surface area contributed by atoms with Crippen LogP contribution >= 0.6 is 0 Å². The molecule has 0 spiro atoms. The lowest BCUT2D eigenvalue weighted by Gasteiger charge is -2.10. The molecule has 0 radical (unpaired) electrons. The van der Waals surface area contributed by atoms with Crippen molar-refractivity contribution in [3.8, 4) is 33.6 Å². The van der Waals surface area contributed by atoms with Crippen molar-refractivity contribution in [3.05, 3.63) is 79.1 Å². The first kappa shape index (κ1) is 23.4. The van der Waals surface area contributed by atoms with Crippen molar-refractivity contribution in [2.45, 2.75) is 0 Å². The molecule has 0 aliphatic rings. The first-order valence-electron chi connectivity index (χ1n) is 11.9. The summed E-state index contributed by atoms with van der Waals surface area (Å²) in [5, 5.41) is 12.1. The molecule has 0 unspecified atom stereocenters. The second kappa shape index (κ2) is 9.49. The number of hydrogen-bond donors (Lipinski definition) is 3. The number of carbonyl (C=O) groups excluding carboxylic acids is 1. The summed E-state index contributed by atoms with van der Waals surface area (Å²) in [7, 11) is 3.68. The van der Waals surface area contributed by atoms with Gasteiger partial charge in [0.15, 0.2) is 5.65 Å². The van der Waals surface area contributed by atoms with Gasteiger partial charge in [0, 0.05) is 40.5 Å². The number of aromatic nitrogens is 6. The molecule has 1 amide bonds. The summed E-state index contributed by atoms with van der Waals surface area (Å²) >= 11 is 0. The molecule has 0 aliphatic heterocycles. The molecular formula is C28H23FN8O. The third kappa shape index (κ3) is 4.48. The van der Waals surface area contributed by atoms with Crippen molar-refractivity contribution in [2.24, 2.45) is 0 Å². The minimum absolute atomic E-state index is 0.118. The summed E-state index contributed by atoms with van der Waals surface area (Å²) in [5.74, 6) is -0.399. The van der Waals surface area contributed by atoms with Crippen LogP contribution in [0.5, 0.6) is 0 Å². The van der Waals surface area contributed by atoms with Crippen LogP contribution in [0.2, 0.25) is 0 Å². The number of H-pyrrole nitrogens is 2. The van der Waals surface area contributed by atoms with Crippen molar-refractivity contribution in [1.82, 2.24) is 35.0 Å². The molecule has 0 aliphatic carbocycles. The standard InChI is InChI=1S/C28H23FN8O/c1-37(2)15-25(38)33-20-9-17(12-30-14-20)18-10-23-26(35-36-28(23)32-13-18)24-11-22-21(7-8-31-27(22)34-24)16-3-5-19(29)6-4-16/h3-14H,15H2,1-2H3,(H,31,34)(H,33,38)(H,32,35,36). The fourth-order valence-corrected chi connectivity index (χ4v) is 4.46. The molecule has 0 atom stereocenters. The van der Waals surface area contributed by atoms with E-state index in [1.165, 1.54) is 12.1 Å². The molecule has 0 saturated carbocycles. The zero-order valence-corrected chi connectivity index (χ0v) is 20.7. The molecule has 5 aromatic heterocycles. The average molecular weight is 507 g/mol. The lowest BCUT2D eigenvalue weighted by atomic mass is 10.0.